The summed E-state index contributed by atoms with van der Waals surface area (Å²) in [6.07, 6.45) is 4.47. The molecule has 2 heterocycles. The highest BCUT2D eigenvalue weighted by molar-refractivity contribution is 6.08. The lowest BCUT2D eigenvalue weighted by Gasteiger charge is -2.15. The van der Waals surface area contributed by atoms with E-state index < -0.39 is 0 Å². The van der Waals surface area contributed by atoms with Crippen LogP contribution in [0.5, 0.6) is 0 Å². The maximum Gasteiger partial charge on any atom is 0.253 e. The van der Waals surface area contributed by atoms with Crippen molar-refractivity contribution >= 4 is 16.8 Å². The van der Waals surface area contributed by atoms with Gasteiger partial charge in [0.15, 0.2) is 0 Å². The number of hydrogen-bond acceptors (Lipinski definition) is 3. The van der Waals surface area contributed by atoms with E-state index in [9.17, 15) is 4.79 Å². The summed E-state index contributed by atoms with van der Waals surface area (Å²) in [5, 5.41) is 11.5. The molecule has 2 aromatic carbocycles. The molecule has 2 N–H and O–H groups in total. The van der Waals surface area contributed by atoms with Gasteiger partial charge in [0.05, 0.1) is 17.1 Å². The largest absolute Gasteiger partial charge is 0.345 e. The number of amides is 1. The third-order valence-electron chi connectivity index (χ3n) is 5.03. The smallest absolute Gasteiger partial charge is 0.253 e. The molecule has 5 heteroatoms. The number of carbonyl (C=O) groups is 1. The van der Waals surface area contributed by atoms with Gasteiger partial charge < -0.3 is 5.32 Å². The van der Waals surface area contributed by atoms with Crippen LogP contribution in [-0.2, 0) is 6.42 Å². The summed E-state index contributed by atoms with van der Waals surface area (Å²) in [5.74, 6) is -0.123. The van der Waals surface area contributed by atoms with E-state index in [1.807, 2.05) is 37.3 Å². The molecule has 0 aliphatic carbocycles. The van der Waals surface area contributed by atoms with E-state index >= 15 is 0 Å². The number of nitrogens with one attached hydrogen (secondary N) is 2. The fourth-order valence-electron chi connectivity index (χ4n) is 3.36. The minimum Gasteiger partial charge on any atom is -0.345 e. The Kier molecular flexibility index (Phi) is 4.89. The van der Waals surface area contributed by atoms with Crippen molar-refractivity contribution in [3.05, 3.63) is 83.7 Å². The monoisotopic (exact) mass is 370 g/mol. The molecule has 0 bridgehead atoms. The second-order valence-electron chi connectivity index (χ2n) is 6.83. The second-order valence-corrected chi connectivity index (χ2v) is 6.83. The average molecular weight is 370 g/mol. The van der Waals surface area contributed by atoms with Crippen LogP contribution in [0.25, 0.3) is 22.2 Å². The Morgan fingerprint density at radius 3 is 2.54 bits per heavy atom. The quantitative estimate of drug-likeness (QED) is 0.536. The molecular weight excluding hydrogens is 348 g/mol. The number of rotatable bonds is 5. The predicted octanol–water partition coefficient (Wildman–Crippen LogP) is 4.68. The molecule has 5 nitrogen and oxygen atoms in total. The number of H-pyrrole nitrogens is 1. The minimum atomic E-state index is -0.123. The summed E-state index contributed by atoms with van der Waals surface area (Å²) in [7, 11) is 0. The van der Waals surface area contributed by atoms with E-state index in [0.29, 0.717) is 5.56 Å². The van der Waals surface area contributed by atoms with Crippen LogP contribution in [0.15, 0.2) is 67.0 Å². The van der Waals surface area contributed by atoms with E-state index in [1.165, 1.54) is 5.56 Å². The second kappa shape index (κ2) is 7.64. The lowest BCUT2D eigenvalue weighted by Crippen LogP contribution is -2.26. The fraction of sp³-hybridized carbons (Fsp3) is 0.174. The van der Waals surface area contributed by atoms with Gasteiger partial charge in [-0.25, -0.2) is 0 Å². The maximum absolute atomic E-state index is 12.9. The molecule has 0 saturated carbocycles. The molecule has 1 atom stereocenters. The van der Waals surface area contributed by atoms with Crippen LogP contribution in [-0.4, -0.2) is 21.1 Å². The number of carbonyl (C=O) groups excluding carboxylic acids is 1. The molecule has 2 aromatic heterocycles. The van der Waals surface area contributed by atoms with Crippen molar-refractivity contribution in [3.63, 3.8) is 0 Å². The molecule has 0 aliphatic rings. The highest BCUT2D eigenvalue weighted by atomic mass is 16.1. The number of benzene rings is 2. The molecule has 0 unspecified atom stereocenters. The molecule has 1 amide bonds. The van der Waals surface area contributed by atoms with Gasteiger partial charge in [-0.15, -0.1) is 0 Å². The molecule has 0 saturated heterocycles. The van der Waals surface area contributed by atoms with Gasteiger partial charge in [-0.05, 0) is 42.7 Å². The van der Waals surface area contributed by atoms with Gasteiger partial charge in [0.25, 0.3) is 5.91 Å². The van der Waals surface area contributed by atoms with Crippen LogP contribution in [0.4, 0.5) is 0 Å². The van der Waals surface area contributed by atoms with Gasteiger partial charge in [0, 0.05) is 23.3 Å². The number of aromatic nitrogens is 3. The van der Waals surface area contributed by atoms with Crippen LogP contribution in [0, 0.1) is 0 Å². The summed E-state index contributed by atoms with van der Waals surface area (Å²) in [6.45, 7) is 4.12. The summed E-state index contributed by atoms with van der Waals surface area (Å²) in [4.78, 5) is 17.0. The van der Waals surface area contributed by atoms with E-state index in [0.717, 1.165) is 34.1 Å². The zero-order valence-corrected chi connectivity index (χ0v) is 15.9. The van der Waals surface area contributed by atoms with Crippen molar-refractivity contribution < 1.29 is 4.79 Å². The number of pyridine rings is 1. The van der Waals surface area contributed by atoms with Crippen molar-refractivity contribution in [3.8, 4) is 11.3 Å². The molecule has 0 fully saturated rings. The number of para-hydroxylation sites is 1. The molecule has 4 rings (SSSR count). The topological polar surface area (TPSA) is 70.7 Å². The van der Waals surface area contributed by atoms with Gasteiger partial charge in [0.2, 0.25) is 0 Å². The van der Waals surface area contributed by atoms with E-state index in [-0.39, 0.29) is 11.9 Å². The minimum absolute atomic E-state index is 0.0868. The molecule has 4 aromatic rings. The van der Waals surface area contributed by atoms with Crippen LogP contribution >= 0.6 is 0 Å². The first-order valence-corrected chi connectivity index (χ1v) is 9.44. The summed E-state index contributed by atoms with van der Waals surface area (Å²) in [6, 6.07) is 17.8. The van der Waals surface area contributed by atoms with Crippen molar-refractivity contribution in [1.29, 1.82) is 0 Å². The lowest BCUT2D eigenvalue weighted by atomic mass is 10.0. The SMILES string of the molecule is CCc1ccc([C@@H](C)NC(=O)c2cccc3c(-c4ccncc4)n[nH]c23)cc1. The molecule has 0 radical (unpaired) electrons. The van der Waals surface area contributed by atoms with Crippen molar-refractivity contribution in [2.24, 2.45) is 0 Å². The van der Waals surface area contributed by atoms with Gasteiger partial charge in [-0.3, -0.25) is 14.9 Å². The first kappa shape index (κ1) is 17.9. The number of aromatic amines is 1. The van der Waals surface area contributed by atoms with E-state index in [1.54, 1.807) is 12.4 Å². The van der Waals surface area contributed by atoms with Crippen LogP contribution in [0.1, 0.15) is 41.4 Å². The van der Waals surface area contributed by atoms with Crippen molar-refractivity contribution in [2.75, 3.05) is 0 Å². The zero-order valence-electron chi connectivity index (χ0n) is 15.9. The third-order valence-corrected chi connectivity index (χ3v) is 5.03. The van der Waals surface area contributed by atoms with Crippen LogP contribution < -0.4 is 5.32 Å². The first-order valence-electron chi connectivity index (χ1n) is 9.44. The maximum atomic E-state index is 12.9. The zero-order chi connectivity index (χ0) is 19.5. The molecular formula is C23H22N4O. The van der Waals surface area contributed by atoms with Crippen molar-refractivity contribution in [2.45, 2.75) is 26.3 Å². The fourth-order valence-corrected chi connectivity index (χ4v) is 3.36. The number of aryl methyl sites for hydroxylation is 1. The molecule has 140 valence electrons. The summed E-state index contributed by atoms with van der Waals surface area (Å²) in [5.41, 5.74) is 5.47. The predicted molar refractivity (Wildman–Crippen MR) is 111 cm³/mol. The normalized spacial score (nSPS) is 12.1. The Morgan fingerprint density at radius 2 is 1.82 bits per heavy atom. The van der Waals surface area contributed by atoms with E-state index in [4.69, 9.17) is 0 Å². The standard InChI is InChI=1S/C23H22N4O/c1-3-16-7-9-17(10-8-16)15(2)25-23(28)20-6-4-5-19-21(26-27-22(19)20)18-11-13-24-14-12-18/h4-15H,3H2,1-2H3,(H,25,28)(H,26,27)/t15-/m1/s1. The highest BCUT2D eigenvalue weighted by Gasteiger charge is 2.17. The lowest BCUT2D eigenvalue weighted by molar-refractivity contribution is 0.0941. The highest BCUT2D eigenvalue weighted by Crippen LogP contribution is 2.28. The molecule has 28 heavy (non-hydrogen) atoms. The Morgan fingerprint density at radius 1 is 1.07 bits per heavy atom. The van der Waals surface area contributed by atoms with Gasteiger partial charge >= 0.3 is 0 Å². The average Bonchev–Trinajstić information content (AvgIpc) is 3.18. The van der Waals surface area contributed by atoms with Gasteiger partial charge in [-0.2, -0.15) is 5.10 Å². The van der Waals surface area contributed by atoms with Crippen LogP contribution in [0.2, 0.25) is 0 Å². The molecule has 0 spiro atoms. The van der Waals surface area contributed by atoms with Gasteiger partial charge in [0.1, 0.15) is 5.69 Å². The molecule has 0 aliphatic heterocycles. The summed E-state index contributed by atoms with van der Waals surface area (Å²) < 4.78 is 0. The van der Waals surface area contributed by atoms with Crippen molar-refractivity contribution in [1.82, 2.24) is 20.5 Å². The van der Waals surface area contributed by atoms with Crippen LogP contribution in [0.3, 0.4) is 0 Å². The Balaban J connectivity index is 1.61. The Bertz CT molecular complexity index is 1100. The van der Waals surface area contributed by atoms with E-state index in [2.05, 4.69) is 51.7 Å². The first-order chi connectivity index (χ1) is 13.7. The number of nitrogens with zero attached hydrogens (tertiary/aromatic N) is 2. The number of fused-ring (bicyclic) bond motifs is 1. The summed E-state index contributed by atoms with van der Waals surface area (Å²) >= 11 is 0. The Labute approximate surface area is 163 Å². The number of hydrogen-bond donors (Lipinski definition) is 2. The third kappa shape index (κ3) is 3.39. The Hall–Kier alpha value is -3.47. The van der Waals surface area contributed by atoms with Gasteiger partial charge in [-0.1, -0.05) is 43.3 Å².